The number of anilines is 2. The predicted octanol–water partition coefficient (Wildman–Crippen LogP) is 1.30. The molecular weight excluding hydrogens is 266 g/mol. The summed E-state index contributed by atoms with van der Waals surface area (Å²) in [5, 5.41) is 13.6. The van der Waals surface area contributed by atoms with E-state index in [4.69, 9.17) is 0 Å². The summed E-state index contributed by atoms with van der Waals surface area (Å²) in [5.74, 6) is 0.0254. The maximum absolute atomic E-state index is 12.1. The molecule has 110 valence electrons. The van der Waals surface area contributed by atoms with E-state index in [9.17, 15) is 4.79 Å². The maximum atomic E-state index is 12.1. The summed E-state index contributed by atoms with van der Waals surface area (Å²) in [6.45, 7) is 2.06. The van der Waals surface area contributed by atoms with Crippen molar-refractivity contribution < 1.29 is 4.79 Å². The number of nitrogens with zero attached hydrogens (tertiary/aromatic N) is 2. The number of benzene rings is 1. The van der Waals surface area contributed by atoms with Crippen LogP contribution in [0.2, 0.25) is 0 Å². The van der Waals surface area contributed by atoms with Crippen molar-refractivity contribution >= 4 is 17.3 Å². The number of amides is 1. The van der Waals surface area contributed by atoms with E-state index in [0.29, 0.717) is 13.1 Å². The fraction of sp³-hybridized carbons (Fsp3) is 0.333. The SMILES string of the molecule is O=C(NCCCn1cccn1)C1CNc2ccccc2N1. The second-order valence-corrected chi connectivity index (χ2v) is 5.04. The molecule has 0 radical (unpaired) electrons. The number of aromatic nitrogens is 2. The molecule has 0 bridgehead atoms. The van der Waals surface area contributed by atoms with E-state index in [-0.39, 0.29) is 11.9 Å². The molecule has 1 aromatic heterocycles. The fourth-order valence-corrected chi connectivity index (χ4v) is 2.38. The van der Waals surface area contributed by atoms with E-state index < -0.39 is 0 Å². The van der Waals surface area contributed by atoms with Crippen LogP contribution in [0.5, 0.6) is 0 Å². The fourth-order valence-electron chi connectivity index (χ4n) is 2.38. The highest BCUT2D eigenvalue weighted by atomic mass is 16.2. The summed E-state index contributed by atoms with van der Waals surface area (Å²) in [6, 6.07) is 9.57. The molecule has 1 atom stereocenters. The Morgan fingerprint density at radius 3 is 3.00 bits per heavy atom. The molecule has 6 heteroatoms. The first-order chi connectivity index (χ1) is 10.3. The van der Waals surface area contributed by atoms with Crippen molar-refractivity contribution in [2.75, 3.05) is 23.7 Å². The van der Waals surface area contributed by atoms with Crippen LogP contribution in [-0.2, 0) is 11.3 Å². The topological polar surface area (TPSA) is 71.0 Å². The van der Waals surface area contributed by atoms with Crippen LogP contribution in [0.15, 0.2) is 42.7 Å². The van der Waals surface area contributed by atoms with Crippen LogP contribution < -0.4 is 16.0 Å². The molecule has 1 aliphatic heterocycles. The summed E-state index contributed by atoms with van der Waals surface area (Å²) in [6.07, 6.45) is 4.54. The van der Waals surface area contributed by atoms with Gasteiger partial charge in [0.05, 0.1) is 11.4 Å². The Hall–Kier alpha value is -2.50. The number of para-hydroxylation sites is 2. The standard InChI is InChI=1S/C15H19N5O/c21-15(16-7-3-9-20-10-4-8-18-20)14-11-17-12-5-1-2-6-13(12)19-14/h1-2,4-6,8,10,14,17,19H,3,7,9,11H2,(H,16,21). The molecule has 3 N–H and O–H groups in total. The van der Waals surface area contributed by atoms with Gasteiger partial charge in [0, 0.05) is 32.0 Å². The van der Waals surface area contributed by atoms with Crippen molar-refractivity contribution in [1.29, 1.82) is 0 Å². The zero-order valence-electron chi connectivity index (χ0n) is 11.7. The minimum atomic E-state index is -0.232. The summed E-state index contributed by atoms with van der Waals surface area (Å²) in [5.41, 5.74) is 2.01. The second kappa shape index (κ2) is 6.30. The molecule has 0 aliphatic carbocycles. The number of carbonyl (C=O) groups excluding carboxylic acids is 1. The highest BCUT2D eigenvalue weighted by molar-refractivity contribution is 5.88. The third-order valence-electron chi connectivity index (χ3n) is 3.49. The lowest BCUT2D eigenvalue weighted by atomic mass is 10.1. The molecule has 3 rings (SSSR count). The zero-order chi connectivity index (χ0) is 14.5. The van der Waals surface area contributed by atoms with Gasteiger partial charge < -0.3 is 16.0 Å². The molecule has 0 spiro atoms. The first-order valence-corrected chi connectivity index (χ1v) is 7.17. The first kappa shape index (κ1) is 13.5. The van der Waals surface area contributed by atoms with Crippen LogP contribution in [-0.4, -0.2) is 34.8 Å². The Bertz CT molecular complexity index is 596. The molecule has 1 aromatic carbocycles. The molecule has 1 amide bonds. The van der Waals surface area contributed by atoms with Gasteiger partial charge in [-0.15, -0.1) is 0 Å². The zero-order valence-corrected chi connectivity index (χ0v) is 11.7. The van der Waals surface area contributed by atoms with Crippen LogP contribution in [0.1, 0.15) is 6.42 Å². The smallest absolute Gasteiger partial charge is 0.244 e. The van der Waals surface area contributed by atoms with Crippen molar-refractivity contribution in [2.24, 2.45) is 0 Å². The van der Waals surface area contributed by atoms with Gasteiger partial charge in [0.2, 0.25) is 5.91 Å². The number of rotatable bonds is 5. The third kappa shape index (κ3) is 3.34. The Kier molecular flexibility index (Phi) is 4.04. The molecular formula is C15H19N5O. The van der Waals surface area contributed by atoms with Crippen LogP contribution in [0, 0.1) is 0 Å². The average molecular weight is 285 g/mol. The maximum Gasteiger partial charge on any atom is 0.244 e. The van der Waals surface area contributed by atoms with Gasteiger partial charge in [-0.05, 0) is 24.6 Å². The van der Waals surface area contributed by atoms with Crippen molar-refractivity contribution in [2.45, 2.75) is 19.0 Å². The molecule has 1 unspecified atom stereocenters. The van der Waals surface area contributed by atoms with Gasteiger partial charge in [0.25, 0.3) is 0 Å². The molecule has 2 aromatic rings. The van der Waals surface area contributed by atoms with Crippen molar-refractivity contribution in [3.63, 3.8) is 0 Å². The highest BCUT2D eigenvalue weighted by Crippen LogP contribution is 2.24. The molecule has 1 aliphatic rings. The van der Waals surface area contributed by atoms with E-state index in [1.165, 1.54) is 0 Å². The number of hydrogen-bond acceptors (Lipinski definition) is 4. The molecule has 0 saturated carbocycles. The van der Waals surface area contributed by atoms with Gasteiger partial charge in [-0.25, -0.2) is 0 Å². The van der Waals surface area contributed by atoms with Crippen molar-refractivity contribution in [3.8, 4) is 0 Å². The normalized spacial score (nSPS) is 16.5. The Morgan fingerprint density at radius 1 is 1.33 bits per heavy atom. The summed E-state index contributed by atoms with van der Waals surface area (Å²) in [4.78, 5) is 12.1. The van der Waals surface area contributed by atoms with Crippen LogP contribution in [0.3, 0.4) is 0 Å². The number of aryl methyl sites for hydroxylation is 1. The predicted molar refractivity (Wildman–Crippen MR) is 82.2 cm³/mol. The molecule has 0 saturated heterocycles. The van der Waals surface area contributed by atoms with Gasteiger partial charge in [-0.2, -0.15) is 5.10 Å². The van der Waals surface area contributed by atoms with Gasteiger partial charge in [0.1, 0.15) is 6.04 Å². The van der Waals surface area contributed by atoms with Crippen molar-refractivity contribution in [1.82, 2.24) is 15.1 Å². The second-order valence-electron chi connectivity index (χ2n) is 5.04. The third-order valence-corrected chi connectivity index (χ3v) is 3.49. The van der Waals surface area contributed by atoms with Crippen molar-refractivity contribution in [3.05, 3.63) is 42.7 Å². The summed E-state index contributed by atoms with van der Waals surface area (Å²) >= 11 is 0. The average Bonchev–Trinajstić information content (AvgIpc) is 3.04. The Labute approximate surface area is 123 Å². The number of nitrogens with one attached hydrogen (secondary N) is 3. The van der Waals surface area contributed by atoms with Gasteiger partial charge in [0.15, 0.2) is 0 Å². The van der Waals surface area contributed by atoms with E-state index in [1.54, 1.807) is 6.20 Å². The van der Waals surface area contributed by atoms with Crippen LogP contribution in [0.4, 0.5) is 11.4 Å². The van der Waals surface area contributed by atoms with Gasteiger partial charge in [-0.1, -0.05) is 12.1 Å². The highest BCUT2D eigenvalue weighted by Gasteiger charge is 2.22. The summed E-state index contributed by atoms with van der Waals surface area (Å²) in [7, 11) is 0. The monoisotopic (exact) mass is 285 g/mol. The number of fused-ring (bicyclic) bond motifs is 1. The lowest BCUT2D eigenvalue weighted by molar-refractivity contribution is -0.121. The minimum absolute atomic E-state index is 0.0254. The number of hydrogen-bond donors (Lipinski definition) is 3. The lowest BCUT2D eigenvalue weighted by Gasteiger charge is -2.27. The Morgan fingerprint density at radius 2 is 2.19 bits per heavy atom. The quantitative estimate of drug-likeness (QED) is 0.724. The largest absolute Gasteiger partial charge is 0.381 e. The molecule has 0 fully saturated rings. The van der Waals surface area contributed by atoms with E-state index >= 15 is 0 Å². The Balaban J connectivity index is 1.44. The van der Waals surface area contributed by atoms with E-state index in [2.05, 4.69) is 21.0 Å². The lowest BCUT2D eigenvalue weighted by Crippen LogP contribution is -2.46. The molecule has 2 heterocycles. The summed E-state index contributed by atoms with van der Waals surface area (Å²) < 4.78 is 1.86. The van der Waals surface area contributed by atoms with E-state index in [0.717, 1.165) is 24.3 Å². The van der Waals surface area contributed by atoms with Gasteiger partial charge >= 0.3 is 0 Å². The number of carbonyl (C=O) groups is 1. The molecule has 6 nitrogen and oxygen atoms in total. The van der Waals surface area contributed by atoms with Crippen LogP contribution >= 0.6 is 0 Å². The first-order valence-electron chi connectivity index (χ1n) is 7.17. The van der Waals surface area contributed by atoms with E-state index in [1.807, 2.05) is 41.2 Å². The minimum Gasteiger partial charge on any atom is -0.381 e. The van der Waals surface area contributed by atoms with Crippen LogP contribution in [0.25, 0.3) is 0 Å². The van der Waals surface area contributed by atoms with Gasteiger partial charge in [-0.3, -0.25) is 9.48 Å². The molecule has 21 heavy (non-hydrogen) atoms.